The molecule has 0 amide bonds. The molecule has 0 bridgehead atoms. The van der Waals surface area contributed by atoms with Crippen LogP contribution < -0.4 is 0 Å². The second-order valence-electron chi connectivity index (χ2n) is 4.07. The second kappa shape index (κ2) is 5.01. The van der Waals surface area contributed by atoms with Crippen molar-refractivity contribution in [2.75, 3.05) is 0 Å². The molecule has 0 atom stereocenters. The summed E-state index contributed by atoms with van der Waals surface area (Å²) in [5.41, 5.74) is -0.197. The largest absolute Gasteiger partial charge is 0.461 e. The minimum atomic E-state index is -0.738. The van der Waals surface area contributed by atoms with Crippen LogP contribution in [0.5, 0.6) is 0 Å². The maximum absolute atomic E-state index is 13.7. The zero-order valence-corrected chi connectivity index (χ0v) is 10.1. The number of rotatable bonds is 4. The van der Waals surface area contributed by atoms with E-state index in [4.69, 9.17) is 4.42 Å². The van der Waals surface area contributed by atoms with Gasteiger partial charge in [-0.05, 0) is 25.1 Å². The zero-order chi connectivity index (χ0) is 14.0. The first-order chi connectivity index (χ1) is 8.97. The molecule has 0 aliphatic rings. The van der Waals surface area contributed by atoms with Crippen molar-refractivity contribution in [3.63, 3.8) is 0 Å². The average molecular weight is 263 g/mol. The highest BCUT2D eigenvalue weighted by Gasteiger charge is 2.15. The average Bonchev–Trinajstić information content (AvgIpc) is 2.76. The molecule has 1 heterocycles. The lowest BCUT2D eigenvalue weighted by Gasteiger charge is -1.99. The first kappa shape index (κ1) is 12.9. The van der Waals surface area contributed by atoms with Gasteiger partial charge in [0.1, 0.15) is 23.1 Å². The van der Waals surface area contributed by atoms with Crippen LogP contribution in [0.3, 0.4) is 0 Å². The number of nitrogens with zero attached hydrogens (tertiary/aromatic N) is 1. The summed E-state index contributed by atoms with van der Waals surface area (Å²) in [7, 11) is 0. The highest BCUT2D eigenvalue weighted by molar-refractivity contribution is 5.77. The van der Waals surface area contributed by atoms with E-state index in [1.807, 2.05) is 0 Å². The van der Waals surface area contributed by atoms with Gasteiger partial charge in [0.25, 0.3) is 5.69 Å². The third-order valence-corrected chi connectivity index (χ3v) is 2.51. The monoisotopic (exact) mass is 263 g/mol. The predicted octanol–water partition coefficient (Wildman–Crippen LogP) is 3.13. The number of ketones is 1. The van der Waals surface area contributed by atoms with Gasteiger partial charge >= 0.3 is 0 Å². The van der Waals surface area contributed by atoms with Gasteiger partial charge in [-0.25, -0.2) is 4.39 Å². The van der Waals surface area contributed by atoms with E-state index in [0.29, 0.717) is 5.76 Å². The van der Waals surface area contributed by atoms with E-state index in [-0.39, 0.29) is 29.2 Å². The van der Waals surface area contributed by atoms with Gasteiger partial charge < -0.3 is 4.42 Å². The number of furan rings is 1. The molecule has 0 saturated heterocycles. The van der Waals surface area contributed by atoms with Crippen LogP contribution in [-0.4, -0.2) is 10.7 Å². The lowest BCUT2D eigenvalue weighted by atomic mass is 10.1. The summed E-state index contributed by atoms with van der Waals surface area (Å²) in [6, 6.07) is 6.43. The predicted molar refractivity (Wildman–Crippen MR) is 65.1 cm³/mol. The topological polar surface area (TPSA) is 73.3 Å². The molecule has 1 aromatic heterocycles. The molecule has 1 aromatic carbocycles. The summed E-state index contributed by atoms with van der Waals surface area (Å²) < 4.78 is 19.1. The number of carbonyl (C=O) groups is 1. The Labute approximate surface area is 107 Å². The van der Waals surface area contributed by atoms with Gasteiger partial charge in [-0.2, -0.15) is 0 Å². The third-order valence-electron chi connectivity index (χ3n) is 2.51. The molecule has 0 aliphatic heterocycles. The first-order valence-corrected chi connectivity index (χ1v) is 5.50. The Balaban J connectivity index is 2.34. The Morgan fingerprint density at radius 2 is 2.11 bits per heavy atom. The summed E-state index contributed by atoms with van der Waals surface area (Å²) in [6.07, 6.45) is 0.134. The van der Waals surface area contributed by atoms with Gasteiger partial charge in [0.2, 0.25) is 0 Å². The lowest BCUT2D eigenvalue weighted by molar-refractivity contribution is -0.385. The van der Waals surface area contributed by atoms with E-state index < -0.39 is 10.7 Å². The number of nitro groups is 1. The van der Waals surface area contributed by atoms with Crippen LogP contribution in [0, 0.1) is 15.9 Å². The van der Waals surface area contributed by atoms with E-state index in [1.54, 1.807) is 6.07 Å². The van der Waals surface area contributed by atoms with E-state index in [2.05, 4.69) is 0 Å². The lowest BCUT2D eigenvalue weighted by Crippen LogP contribution is -1.93. The summed E-state index contributed by atoms with van der Waals surface area (Å²) in [4.78, 5) is 20.8. The van der Waals surface area contributed by atoms with Gasteiger partial charge in [-0.1, -0.05) is 0 Å². The zero-order valence-electron chi connectivity index (χ0n) is 10.1. The van der Waals surface area contributed by atoms with Gasteiger partial charge in [0.15, 0.2) is 0 Å². The number of hydrogen-bond donors (Lipinski definition) is 0. The molecule has 0 radical (unpaired) electrons. The number of non-ortho nitro benzene ring substituents is 1. The standard InChI is InChI=1S/C13H10FNO4/c1-8(16)6-10-3-5-13(19-10)11-4-2-9(15(17)18)7-12(11)14/h2-5,7H,6H2,1H3. The molecule has 0 saturated carbocycles. The van der Waals surface area contributed by atoms with Crippen molar-refractivity contribution in [1.82, 2.24) is 0 Å². The summed E-state index contributed by atoms with van der Waals surface area (Å²) >= 11 is 0. The molecule has 0 unspecified atom stereocenters. The molecule has 5 nitrogen and oxygen atoms in total. The van der Waals surface area contributed by atoms with E-state index in [1.165, 1.54) is 25.1 Å². The van der Waals surface area contributed by atoms with Crippen molar-refractivity contribution >= 4 is 11.5 Å². The third kappa shape index (κ3) is 2.85. The van der Waals surface area contributed by atoms with Crippen LogP contribution in [0.25, 0.3) is 11.3 Å². The number of carbonyl (C=O) groups excluding carboxylic acids is 1. The summed E-state index contributed by atoms with van der Waals surface area (Å²) in [5.74, 6) is -0.133. The number of Topliss-reactive ketones (excluding diaryl/α,β-unsaturated/α-hetero) is 1. The Morgan fingerprint density at radius 1 is 1.37 bits per heavy atom. The van der Waals surface area contributed by atoms with Gasteiger partial charge in [0, 0.05) is 6.07 Å². The molecular formula is C13H10FNO4. The number of hydrogen-bond acceptors (Lipinski definition) is 4. The molecular weight excluding hydrogens is 253 g/mol. The molecule has 98 valence electrons. The molecule has 19 heavy (non-hydrogen) atoms. The van der Waals surface area contributed by atoms with Gasteiger partial charge in [-0.15, -0.1) is 0 Å². The molecule has 6 heteroatoms. The molecule has 0 aliphatic carbocycles. The minimum Gasteiger partial charge on any atom is -0.461 e. The van der Waals surface area contributed by atoms with Crippen molar-refractivity contribution in [3.8, 4) is 11.3 Å². The molecule has 0 spiro atoms. The Bertz CT molecular complexity index is 648. The normalized spacial score (nSPS) is 10.4. The molecule has 0 N–H and O–H groups in total. The van der Waals surface area contributed by atoms with Crippen molar-refractivity contribution < 1.29 is 18.5 Å². The Morgan fingerprint density at radius 3 is 2.68 bits per heavy atom. The summed E-state index contributed by atoms with van der Waals surface area (Å²) in [5, 5.41) is 10.5. The fourth-order valence-electron chi connectivity index (χ4n) is 1.68. The van der Waals surface area contributed by atoms with Crippen molar-refractivity contribution in [3.05, 3.63) is 52.0 Å². The van der Waals surface area contributed by atoms with E-state index >= 15 is 0 Å². The number of nitro benzene ring substituents is 1. The van der Waals surface area contributed by atoms with Gasteiger partial charge in [-0.3, -0.25) is 14.9 Å². The van der Waals surface area contributed by atoms with Gasteiger partial charge in [0.05, 0.1) is 23.0 Å². The highest BCUT2D eigenvalue weighted by Crippen LogP contribution is 2.27. The van der Waals surface area contributed by atoms with Crippen LogP contribution in [-0.2, 0) is 11.2 Å². The van der Waals surface area contributed by atoms with Crippen LogP contribution in [0.15, 0.2) is 34.7 Å². The second-order valence-corrected chi connectivity index (χ2v) is 4.07. The fourth-order valence-corrected chi connectivity index (χ4v) is 1.68. The quantitative estimate of drug-likeness (QED) is 0.627. The van der Waals surface area contributed by atoms with Crippen LogP contribution in [0.4, 0.5) is 10.1 Å². The molecule has 2 aromatic rings. The Kier molecular flexibility index (Phi) is 3.41. The fraction of sp³-hybridized carbons (Fsp3) is 0.154. The smallest absolute Gasteiger partial charge is 0.272 e. The highest BCUT2D eigenvalue weighted by atomic mass is 19.1. The van der Waals surface area contributed by atoms with Crippen LogP contribution in [0.2, 0.25) is 0 Å². The summed E-state index contributed by atoms with van der Waals surface area (Å²) in [6.45, 7) is 1.43. The van der Waals surface area contributed by atoms with E-state index in [0.717, 1.165) is 6.07 Å². The first-order valence-electron chi connectivity index (χ1n) is 5.50. The maximum Gasteiger partial charge on any atom is 0.272 e. The molecule has 0 fully saturated rings. The van der Waals surface area contributed by atoms with Crippen molar-refractivity contribution in [2.45, 2.75) is 13.3 Å². The van der Waals surface area contributed by atoms with E-state index in [9.17, 15) is 19.3 Å². The van der Waals surface area contributed by atoms with Crippen LogP contribution in [0.1, 0.15) is 12.7 Å². The van der Waals surface area contributed by atoms with Crippen molar-refractivity contribution in [2.24, 2.45) is 0 Å². The maximum atomic E-state index is 13.7. The Hall–Kier alpha value is -2.50. The minimum absolute atomic E-state index is 0.0647. The number of benzene rings is 1. The number of halogens is 1. The van der Waals surface area contributed by atoms with Crippen molar-refractivity contribution in [1.29, 1.82) is 0 Å². The SMILES string of the molecule is CC(=O)Cc1ccc(-c2ccc([N+](=O)[O-])cc2F)o1. The van der Waals surface area contributed by atoms with Crippen LogP contribution >= 0.6 is 0 Å². The molecule has 2 rings (SSSR count).